The third kappa shape index (κ3) is 5.10. The van der Waals surface area contributed by atoms with Crippen molar-refractivity contribution < 1.29 is 9.53 Å². The van der Waals surface area contributed by atoms with E-state index in [1.54, 1.807) is 18.2 Å². The molecule has 4 nitrogen and oxygen atoms in total. The van der Waals surface area contributed by atoms with E-state index in [4.69, 9.17) is 16.3 Å². The van der Waals surface area contributed by atoms with E-state index in [1.807, 2.05) is 44.2 Å². The molecule has 0 bridgehead atoms. The van der Waals surface area contributed by atoms with Crippen molar-refractivity contribution in [3.63, 3.8) is 0 Å². The molecular weight excluding hydrogens is 336 g/mol. The van der Waals surface area contributed by atoms with Crippen LogP contribution >= 0.6 is 11.6 Å². The molecule has 2 aromatic carbocycles. The summed E-state index contributed by atoms with van der Waals surface area (Å²) in [4.78, 5) is 12.4. The first-order valence-electron chi connectivity index (χ1n) is 8.01. The molecule has 0 atom stereocenters. The van der Waals surface area contributed by atoms with Crippen LogP contribution in [-0.2, 0) is 11.2 Å². The van der Waals surface area contributed by atoms with Crippen LogP contribution in [0.2, 0.25) is 5.02 Å². The molecular formula is C20H19ClN2O2. The zero-order valence-electron chi connectivity index (χ0n) is 14.2. The average Bonchev–Trinajstić information content (AvgIpc) is 2.60. The summed E-state index contributed by atoms with van der Waals surface area (Å²) in [6, 6.07) is 14.6. The van der Waals surface area contributed by atoms with Crippen molar-refractivity contribution in [1.82, 2.24) is 0 Å². The molecule has 0 aliphatic carbocycles. The van der Waals surface area contributed by atoms with Gasteiger partial charge in [-0.3, -0.25) is 4.79 Å². The van der Waals surface area contributed by atoms with E-state index in [2.05, 4.69) is 5.32 Å². The number of nitrogens with one attached hydrogen (secondary N) is 1. The Bertz CT molecular complexity index is 838. The molecule has 0 aliphatic heterocycles. The van der Waals surface area contributed by atoms with E-state index >= 15 is 0 Å². The molecule has 0 heterocycles. The highest BCUT2D eigenvalue weighted by molar-refractivity contribution is 6.30. The van der Waals surface area contributed by atoms with Crippen molar-refractivity contribution in [2.24, 2.45) is 0 Å². The van der Waals surface area contributed by atoms with Gasteiger partial charge in [0.15, 0.2) is 0 Å². The third-order valence-corrected chi connectivity index (χ3v) is 3.75. The number of ether oxygens (including phenoxy) is 1. The number of para-hydroxylation sites is 1. The summed E-state index contributed by atoms with van der Waals surface area (Å²) >= 11 is 6.07. The summed E-state index contributed by atoms with van der Waals surface area (Å²) in [7, 11) is 0. The second-order valence-corrected chi connectivity index (χ2v) is 5.72. The van der Waals surface area contributed by atoms with Gasteiger partial charge >= 0.3 is 0 Å². The molecule has 0 unspecified atom stereocenters. The highest BCUT2D eigenvalue weighted by Crippen LogP contribution is 2.23. The van der Waals surface area contributed by atoms with Gasteiger partial charge in [-0.25, -0.2) is 0 Å². The smallest absolute Gasteiger partial charge is 0.266 e. The predicted molar refractivity (Wildman–Crippen MR) is 101 cm³/mol. The fourth-order valence-corrected chi connectivity index (χ4v) is 2.61. The Hall–Kier alpha value is -2.77. The number of amides is 1. The van der Waals surface area contributed by atoms with Crippen molar-refractivity contribution >= 4 is 29.3 Å². The maximum absolute atomic E-state index is 12.4. The Labute approximate surface area is 152 Å². The molecule has 128 valence electrons. The van der Waals surface area contributed by atoms with Crippen LogP contribution in [0.5, 0.6) is 5.75 Å². The highest BCUT2D eigenvalue weighted by atomic mass is 35.5. The summed E-state index contributed by atoms with van der Waals surface area (Å²) in [5.74, 6) is 0.136. The van der Waals surface area contributed by atoms with Gasteiger partial charge in [-0.05, 0) is 54.8 Å². The summed E-state index contributed by atoms with van der Waals surface area (Å²) < 4.78 is 5.43. The molecule has 1 amide bonds. The number of hydrogen-bond donors (Lipinski definition) is 1. The summed E-state index contributed by atoms with van der Waals surface area (Å²) in [6.45, 7) is 4.38. The fourth-order valence-electron chi connectivity index (χ4n) is 2.37. The minimum absolute atomic E-state index is 0.00405. The van der Waals surface area contributed by atoms with Crippen LogP contribution in [0, 0.1) is 11.3 Å². The SMILES string of the molecule is CCOc1cc(Cl)cc(/C=C(\C#N)C(=O)Nc2ccccc2CC)c1. The number of anilines is 1. The lowest BCUT2D eigenvalue weighted by Gasteiger charge is -2.09. The van der Waals surface area contributed by atoms with Gasteiger partial charge in [-0.1, -0.05) is 36.7 Å². The normalized spacial score (nSPS) is 10.9. The van der Waals surface area contributed by atoms with Crippen LogP contribution in [0.4, 0.5) is 5.69 Å². The van der Waals surface area contributed by atoms with Crippen LogP contribution in [0.15, 0.2) is 48.0 Å². The minimum Gasteiger partial charge on any atom is -0.494 e. The van der Waals surface area contributed by atoms with Gasteiger partial charge in [0, 0.05) is 10.7 Å². The first-order chi connectivity index (χ1) is 12.1. The second-order valence-electron chi connectivity index (χ2n) is 5.29. The highest BCUT2D eigenvalue weighted by Gasteiger charge is 2.12. The Morgan fingerprint density at radius 1 is 1.28 bits per heavy atom. The molecule has 0 saturated carbocycles. The number of rotatable bonds is 6. The monoisotopic (exact) mass is 354 g/mol. The summed E-state index contributed by atoms with van der Waals surface area (Å²) in [5.41, 5.74) is 2.34. The summed E-state index contributed by atoms with van der Waals surface area (Å²) in [6.07, 6.45) is 2.28. The molecule has 5 heteroatoms. The molecule has 2 rings (SSSR count). The van der Waals surface area contributed by atoms with Gasteiger partial charge in [-0.15, -0.1) is 0 Å². The van der Waals surface area contributed by atoms with Crippen molar-refractivity contribution in [1.29, 1.82) is 5.26 Å². The number of carbonyl (C=O) groups excluding carboxylic acids is 1. The second kappa shape index (κ2) is 8.91. The fraction of sp³-hybridized carbons (Fsp3) is 0.200. The van der Waals surface area contributed by atoms with E-state index in [9.17, 15) is 10.1 Å². The van der Waals surface area contributed by atoms with Crippen molar-refractivity contribution in [3.8, 4) is 11.8 Å². The van der Waals surface area contributed by atoms with Gasteiger partial charge < -0.3 is 10.1 Å². The van der Waals surface area contributed by atoms with E-state index < -0.39 is 5.91 Å². The van der Waals surface area contributed by atoms with E-state index in [0.717, 1.165) is 12.0 Å². The van der Waals surface area contributed by atoms with Gasteiger partial charge in [-0.2, -0.15) is 5.26 Å². The largest absolute Gasteiger partial charge is 0.494 e. The number of benzene rings is 2. The first-order valence-corrected chi connectivity index (χ1v) is 8.39. The lowest BCUT2D eigenvalue weighted by atomic mass is 10.1. The molecule has 0 aromatic heterocycles. The standard InChI is InChI=1S/C20H19ClN2O2/c1-3-15-7-5-6-8-19(15)23-20(24)16(13-22)9-14-10-17(21)12-18(11-14)25-4-2/h5-12H,3-4H2,1-2H3,(H,23,24)/b16-9+. The Morgan fingerprint density at radius 3 is 2.72 bits per heavy atom. The maximum Gasteiger partial charge on any atom is 0.266 e. The van der Waals surface area contributed by atoms with Gasteiger partial charge in [0.1, 0.15) is 17.4 Å². The third-order valence-electron chi connectivity index (χ3n) is 3.53. The molecule has 0 aliphatic rings. The van der Waals surface area contributed by atoms with E-state index in [0.29, 0.717) is 28.6 Å². The zero-order chi connectivity index (χ0) is 18.2. The Morgan fingerprint density at radius 2 is 2.04 bits per heavy atom. The number of aryl methyl sites for hydroxylation is 1. The number of hydrogen-bond acceptors (Lipinski definition) is 3. The lowest BCUT2D eigenvalue weighted by molar-refractivity contribution is -0.112. The number of carbonyl (C=O) groups is 1. The number of nitrogens with zero attached hydrogens (tertiary/aromatic N) is 1. The molecule has 25 heavy (non-hydrogen) atoms. The summed E-state index contributed by atoms with van der Waals surface area (Å²) in [5, 5.41) is 12.6. The van der Waals surface area contributed by atoms with E-state index in [1.165, 1.54) is 6.08 Å². The van der Waals surface area contributed by atoms with Crippen LogP contribution in [-0.4, -0.2) is 12.5 Å². The zero-order valence-corrected chi connectivity index (χ0v) is 14.9. The maximum atomic E-state index is 12.4. The molecule has 0 spiro atoms. The molecule has 2 aromatic rings. The van der Waals surface area contributed by atoms with Crippen LogP contribution in [0.25, 0.3) is 6.08 Å². The van der Waals surface area contributed by atoms with Crippen LogP contribution in [0.3, 0.4) is 0 Å². The lowest BCUT2D eigenvalue weighted by Crippen LogP contribution is -2.14. The molecule has 0 radical (unpaired) electrons. The van der Waals surface area contributed by atoms with Gasteiger partial charge in [0.05, 0.1) is 6.61 Å². The average molecular weight is 355 g/mol. The van der Waals surface area contributed by atoms with Crippen molar-refractivity contribution in [2.75, 3.05) is 11.9 Å². The van der Waals surface area contributed by atoms with Crippen LogP contribution in [0.1, 0.15) is 25.0 Å². The Kier molecular flexibility index (Phi) is 6.62. The van der Waals surface area contributed by atoms with Crippen molar-refractivity contribution in [2.45, 2.75) is 20.3 Å². The van der Waals surface area contributed by atoms with Crippen molar-refractivity contribution in [3.05, 3.63) is 64.2 Å². The van der Waals surface area contributed by atoms with Gasteiger partial charge in [0.25, 0.3) is 5.91 Å². The van der Waals surface area contributed by atoms with E-state index in [-0.39, 0.29) is 5.57 Å². The van der Waals surface area contributed by atoms with Gasteiger partial charge in [0.2, 0.25) is 0 Å². The topological polar surface area (TPSA) is 62.1 Å². The number of halogens is 1. The molecule has 0 fully saturated rings. The number of nitriles is 1. The van der Waals surface area contributed by atoms with Crippen LogP contribution < -0.4 is 10.1 Å². The quantitative estimate of drug-likeness (QED) is 0.596. The first kappa shape index (κ1) is 18.6. The molecule has 1 N–H and O–H groups in total. The minimum atomic E-state index is -0.457. The molecule has 0 saturated heterocycles. The Balaban J connectivity index is 2.28. The predicted octanol–water partition coefficient (Wildman–Crippen LogP) is 4.85.